The molecule has 1 fully saturated rings. The number of hydrogen-bond acceptors (Lipinski definition) is 5. The predicted molar refractivity (Wildman–Crippen MR) is 65.9 cm³/mol. The van der Waals surface area contributed by atoms with Crippen LogP contribution in [0.4, 0.5) is 0 Å². The maximum Gasteiger partial charge on any atom is 0.150 e. The van der Waals surface area contributed by atoms with Crippen LogP contribution in [0.5, 0.6) is 0 Å². The Balaban J connectivity index is 2.09. The van der Waals surface area contributed by atoms with Gasteiger partial charge >= 0.3 is 0 Å². The minimum absolute atomic E-state index is 0.0813. The highest BCUT2D eigenvalue weighted by Crippen LogP contribution is 2.29. The Hall–Kier alpha value is -1.27. The first kappa shape index (κ1) is 13.2. The summed E-state index contributed by atoms with van der Waals surface area (Å²) in [5, 5.41) is 4.12. The number of carbonyl (C=O) groups excluding carboxylic acids is 1. The number of nitrogens with zero attached hydrogens (tertiary/aromatic N) is 3. The van der Waals surface area contributed by atoms with E-state index in [9.17, 15) is 4.79 Å². The third-order valence-corrected chi connectivity index (χ3v) is 3.60. The molecule has 1 saturated heterocycles. The van der Waals surface area contributed by atoms with Crippen LogP contribution in [-0.2, 0) is 22.5 Å². The van der Waals surface area contributed by atoms with E-state index in [-0.39, 0.29) is 18.2 Å². The van der Waals surface area contributed by atoms with Gasteiger partial charge < -0.3 is 10.5 Å². The number of ketones is 1. The molecule has 0 saturated carbocycles. The highest BCUT2D eigenvalue weighted by molar-refractivity contribution is 5.87. The lowest BCUT2D eigenvalue weighted by atomic mass is 9.80. The Morgan fingerprint density at radius 3 is 3.11 bits per heavy atom. The summed E-state index contributed by atoms with van der Waals surface area (Å²) in [7, 11) is 0. The molecule has 1 aliphatic heterocycles. The Kier molecular flexibility index (Phi) is 3.77. The Labute approximate surface area is 107 Å². The first-order chi connectivity index (χ1) is 8.58. The van der Waals surface area contributed by atoms with Gasteiger partial charge in [0.1, 0.15) is 17.9 Å². The standard InChI is InChI=1S/C12H20N4O2/c1-3-4-16-11(14-8-15-16)5-10(17)12(2)7-18-6-9(12)13/h8-9H,3-7,13H2,1-2H3. The average molecular weight is 252 g/mol. The average Bonchev–Trinajstić information content (AvgIpc) is 2.89. The summed E-state index contributed by atoms with van der Waals surface area (Å²) in [6.07, 6.45) is 2.73. The third kappa shape index (κ3) is 2.30. The Bertz CT molecular complexity index is 431. The number of ether oxygens (including phenoxy) is 1. The molecule has 2 N–H and O–H groups in total. The van der Waals surface area contributed by atoms with Gasteiger partial charge in [0.15, 0.2) is 0 Å². The summed E-state index contributed by atoms with van der Waals surface area (Å²) >= 11 is 0. The first-order valence-corrected chi connectivity index (χ1v) is 6.31. The van der Waals surface area contributed by atoms with E-state index in [2.05, 4.69) is 17.0 Å². The second kappa shape index (κ2) is 5.16. The number of aromatic nitrogens is 3. The molecule has 0 spiro atoms. The second-order valence-corrected chi connectivity index (χ2v) is 5.04. The highest BCUT2D eigenvalue weighted by Gasteiger charge is 2.44. The molecule has 0 aromatic carbocycles. The van der Waals surface area contributed by atoms with Gasteiger partial charge in [-0.1, -0.05) is 6.92 Å². The molecule has 6 heteroatoms. The lowest BCUT2D eigenvalue weighted by Crippen LogP contribution is -2.45. The molecule has 0 radical (unpaired) electrons. The van der Waals surface area contributed by atoms with Gasteiger partial charge in [0.2, 0.25) is 0 Å². The summed E-state index contributed by atoms with van der Waals surface area (Å²) in [5.41, 5.74) is 5.36. The van der Waals surface area contributed by atoms with E-state index in [1.165, 1.54) is 6.33 Å². The summed E-state index contributed by atoms with van der Waals surface area (Å²) in [4.78, 5) is 16.5. The zero-order valence-corrected chi connectivity index (χ0v) is 10.9. The van der Waals surface area contributed by atoms with Crippen molar-refractivity contribution in [3.8, 4) is 0 Å². The molecule has 1 aliphatic rings. The number of hydrogen-bond donors (Lipinski definition) is 1. The van der Waals surface area contributed by atoms with E-state index >= 15 is 0 Å². The Morgan fingerprint density at radius 1 is 1.72 bits per heavy atom. The van der Waals surface area contributed by atoms with Crippen molar-refractivity contribution in [1.29, 1.82) is 0 Å². The van der Waals surface area contributed by atoms with Gasteiger partial charge in [-0.05, 0) is 13.3 Å². The monoisotopic (exact) mass is 252 g/mol. The summed E-state index contributed by atoms with van der Waals surface area (Å²) in [6, 6.07) is -0.229. The van der Waals surface area contributed by atoms with Crippen LogP contribution in [0.2, 0.25) is 0 Å². The number of aryl methyl sites for hydroxylation is 1. The topological polar surface area (TPSA) is 83.0 Å². The fourth-order valence-electron chi connectivity index (χ4n) is 2.15. The summed E-state index contributed by atoms with van der Waals surface area (Å²) in [5.74, 6) is 0.792. The van der Waals surface area contributed by atoms with E-state index in [4.69, 9.17) is 10.5 Å². The number of Topliss-reactive ketones (excluding diaryl/α,β-unsaturated/α-hetero) is 1. The van der Waals surface area contributed by atoms with E-state index in [0.717, 1.165) is 13.0 Å². The van der Waals surface area contributed by atoms with Crippen LogP contribution < -0.4 is 5.73 Å². The normalized spacial score (nSPS) is 27.6. The number of rotatable bonds is 5. The van der Waals surface area contributed by atoms with Gasteiger partial charge in [0.05, 0.1) is 25.0 Å². The van der Waals surface area contributed by atoms with Crippen molar-refractivity contribution in [2.24, 2.45) is 11.1 Å². The fraction of sp³-hybridized carbons (Fsp3) is 0.750. The van der Waals surface area contributed by atoms with Crippen molar-refractivity contribution in [3.05, 3.63) is 12.2 Å². The minimum atomic E-state index is -0.594. The van der Waals surface area contributed by atoms with Gasteiger partial charge in [-0.15, -0.1) is 0 Å². The quantitative estimate of drug-likeness (QED) is 0.807. The van der Waals surface area contributed by atoms with Crippen LogP contribution >= 0.6 is 0 Å². The van der Waals surface area contributed by atoms with Crippen LogP contribution in [0.3, 0.4) is 0 Å². The molecule has 100 valence electrons. The molecule has 2 heterocycles. The van der Waals surface area contributed by atoms with Crippen molar-refractivity contribution in [3.63, 3.8) is 0 Å². The highest BCUT2D eigenvalue weighted by atomic mass is 16.5. The molecular weight excluding hydrogens is 232 g/mol. The molecule has 2 unspecified atom stereocenters. The molecule has 6 nitrogen and oxygen atoms in total. The zero-order chi connectivity index (χ0) is 13.2. The lowest BCUT2D eigenvalue weighted by Gasteiger charge is -2.24. The number of nitrogens with two attached hydrogens (primary N) is 1. The summed E-state index contributed by atoms with van der Waals surface area (Å²) in [6.45, 7) is 5.56. The van der Waals surface area contributed by atoms with Crippen molar-refractivity contribution >= 4 is 5.78 Å². The van der Waals surface area contributed by atoms with Crippen molar-refractivity contribution < 1.29 is 9.53 Å². The van der Waals surface area contributed by atoms with E-state index in [0.29, 0.717) is 19.0 Å². The van der Waals surface area contributed by atoms with E-state index < -0.39 is 5.41 Å². The molecule has 2 atom stereocenters. The van der Waals surface area contributed by atoms with Crippen molar-refractivity contribution in [1.82, 2.24) is 14.8 Å². The van der Waals surface area contributed by atoms with Gasteiger partial charge in [-0.25, -0.2) is 9.67 Å². The molecular formula is C12H20N4O2. The van der Waals surface area contributed by atoms with Crippen molar-refractivity contribution in [2.45, 2.75) is 39.3 Å². The first-order valence-electron chi connectivity index (χ1n) is 6.31. The molecule has 0 amide bonds. The Morgan fingerprint density at radius 2 is 2.50 bits per heavy atom. The maximum atomic E-state index is 12.4. The van der Waals surface area contributed by atoms with Gasteiger partial charge in [-0.3, -0.25) is 4.79 Å². The van der Waals surface area contributed by atoms with Gasteiger partial charge in [0, 0.05) is 12.6 Å². The minimum Gasteiger partial charge on any atom is -0.379 e. The fourth-order valence-corrected chi connectivity index (χ4v) is 2.15. The molecule has 1 aromatic heterocycles. The third-order valence-electron chi connectivity index (χ3n) is 3.60. The maximum absolute atomic E-state index is 12.4. The van der Waals surface area contributed by atoms with Crippen LogP contribution in [-0.4, -0.2) is 39.8 Å². The van der Waals surface area contributed by atoms with E-state index in [1.807, 2.05) is 6.92 Å². The second-order valence-electron chi connectivity index (χ2n) is 5.04. The lowest BCUT2D eigenvalue weighted by molar-refractivity contribution is -0.127. The SMILES string of the molecule is CCCn1ncnc1CC(=O)C1(C)COCC1N. The van der Waals surface area contributed by atoms with Gasteiger partial charge in [-0.2, -0.15) is 5.10 Å². The predicted octanol–water partition coefficient (Wildman–Crippen LogP) is 0.164. The molecule has 18 heavy (non-hydrogen) atoms. The van der Waals surface area contributed by atoms with Crippen LogP contribution in [0, 0.1) is 5.41 Å². The van der Waals surface area contributed by atoms with Crippen LogP contribution in [0.1, 0.15) is 26.1 Å². The van der Waals surface area contributed by atoms with Gasteiger partial charge in [0.25, 0.3) is 0 Å². The van der Waals surface area contributed by atoms with Crippen LogP contribution in [0.15, 0.2) is 6.33 Å². The largest absolute Gasteiger partial charge is 0.379 e. The van der Waals surface area contributed by atoms with Crippen LogP contribution in [0.25, 0.3) is 0 Å². The molecule has 0 aliphatic carbocycles. The number of carbonyl (C=O) groups is 1. The van der Waals surface area contributed by atoms with Crippen molar-refractivity contribution in [2.75, 3.05) is 13.2 Å². The molecule has 2 rings (SSSR count). The zero-order valence-electron chi connectivity index (χ0n) is 10.9. The van der Waals surface area contributed by atoms with E-state index in [1.54, 1.807) is 4.68 Å². The molecule has 0 bridgehead atoms. The smallest absolute Gasteiger partial charge is 0.150 e. The molecule has 1 aromatic rings. The summed E-state index contributed by atoms with van der Waals surface area (Å²) < 4.78 is 7.08.